The van der Waals surface area contributed by atoms with E-state index < -0.39 is 0 Å². The molecule has 0 aliphatic rings. The largest absolute Gasteiger partial charge is 0.349 e. The van der Waals surface area contributed by atoms with Gasteiger partial charge in [0.05, 0.1) is 6.04 Å². The minimum Gasteiger partial charge on any atom is -0.349 e. The predicted octanol–water partition coefficient (Wildman–Crippen LogP) is 2.58. The smallest absolute Gasteiger partial charge is 0.224 e. The van der Waals surface area contributed by atoms with E-state index in [9.17, 15) is 4.79 Å². The van der Waals surface area contributed by atoms with Crippen LogP contribution < -0.4 is 11.1 Å². The van der Waals surface area contributed by atoms with Crippen LogP contribution in [0.2, 0.25) is 0 Å². The van der Waals surface area contributed by atoms with Crippen molar-refractivity contribution in [2.45, 2.75) is 39.7 Å². The highest BCUT2D eigenvalue weighted by Gasteiger charge is 2.14. The molecule has 0 aliphatic carbocycles. The number of hydrogen-bond donors (Lipinski definition) is 2. The summed E-state index contributed by atoms with van der Waals surface area (Å²) >= 11 is 0. The van der Waals surface area contributed by atoms with Crippen molar-refractivity contribution in [2.75, 3.05) is 6.54 Å². The SMILES string of the molecule is CC(CN)C(=O)NC(C)c1ccc(C(C)C)cc1. The van der Waals surface area contributed by atoms with Gasteiger partial charge < -0.3 is 11.1 Å². The van der Waals surface area contributed by atoms with Gasteiger partial charge in [0.25, 0.3) is 0 Å². The minimum absolute atomic E-state index is 0.0120. The van der Waals surface area contributed by atoms with Crippen LogP contribution in [-0.4, -0.2) is 12.5 Å². The molecule has 0 aromatic heterocycles. The highest BCUT2D eigenvalue weighted by atomic mass is 16.1. The summed E-state index contributed by atoms with van der Waals surface area (Å²) in [5.74, 6) is 0.404. The fourth-order valence-corrected chi connectivity index (χ4v) is 1.72. The predicted molar refractivity (Wildman–Crippen MR) is 75.3 cm³/mol. The molecule has 2 unspecified atom stereocenters. The molecule has 0 saturated carbocycles. The molecule has 0 radical (unpaired) electrons. The zero-order chi connectivity index (χ0) is 13.7. The summed E-state index contributed by atoms with van der Waals surface area (Å²) in [6.45, 7) is 8.55. The number of nitrogens with two attached hydrogens (primary N) is 1. The molecule has 0 heterocycles. The Bertz CT molecular complexity index is 384. The molecule has 100 valence electrons. The van der Waals surface area contributed by atoms with Gasteiger partial charge in [0.1, 0.15) is 0 Å². The third-order valence-electron chi connectivity index (χ3n) is 3.26. The highest BCUT2D eigenvalue weighted by molar-refractivity contribution is 5.78. The lowest BCUT2D eigenvalue weighted by Gasteiger charge is -2.17. The van der Waals surface area contributed by atoms with Crippen LogP contribution in [0.3, 0.4) is 0 Å². The normalized spacial score (nSPS) is 14.3. The van der Waals surface area contributed by atoms with E-state index in [0.29, 0.717) is 12.5 Å². The number of carbonyl (C=O) groups excluding carboxylic acids is 1. The third-order valence-corrected chi connectivity index (χ3v) is 3.26. The molecular formula is C15H24N2O. The lowest BCUT2D eigenvalue weighted by Crippen LogP contribution is -2.34. The molecule has 0 spiro atoms. The summed E-state index contributed by atoms with van der Waals surface area (Å²) in [6, 6.07) is 8.41. The molecule has 3 N–H and O–H groups in total. The van der Waals surface area contributed by atoms with E-state index in [1.807, 2.05) is 13.8 Å². The van der Waals surface area contributed by atoms with Crippen LogP contribution in [0.5, 0.6) is 0 Å². The molecule has 1 rings (SSSR count). The Morgan fingerprint density at radius 1 is 1.11 bits per heavy atom. The lowest BCUT2D eigenvalue weighted by atomic mass is 9.99. The Hall–Kier alpha value is -1.35. The van der Waals surface area contributed by atoms with Crippen LogP contribution in [0, 0.1) is 5.92 Å². The summed E-state index contributed by atoms with van der Waals surface area (Å²) in [4.78, 5) is 11.7. The fourth-order valence-electron chi connectivity index (χ4n) is 1.72. The van der Waals surface area contributed by atoms with Crippen molar-refractivity contribution < 1.29 is 4.79 Å². The lowest BCUT2D eigenvalue weighted by molar-refractivity contribution is -0.124. The standard InChI is InChI=1S/C15H24N2O/c1-10(2)13-5-7-14(8-6-13)12(4)17-15(18)11(3)9-16/h5-8,10-12H,9,16H2,1-4H3,(H,17,18). The second-order valence-electron chi connectivity index (χ2n) is 5.19. The van der Waals surface area contributed by atoms with Gasteiger partial charge in [-0.2, -0.15) is 0 Å². The maximum Gasteiger partial charge on any atom is 0.224 e. The first-order valence-electron chi connectivity index (χ1n) is 6.56. The third kappa shape index (κ3) is 3.84. The number of carbonyl (C=O) groups is 1. The number of nitrogens with one attached hydrogen (secondary N) is 1. The van der Waals surface area contributed by atoms with E-state index >= 15 is 0 Å². The van der Waals surface area contributed by atoms with Gasteiger partial charge in [0.15, 0.2) is 0 Å². The molecule has 3 nitrogen and oxygen atoms in total. The van der Waals surface area contributed by atoms with Crippen LogP contribution in [0.4, 0.5) is 0 Å². The minimum atomic E-state index is -0.137. The topological polar surface area (TPSA) is 55.1 Å². The van der Waals surface area contributed by atoms with E-state index in [1.165, 1.54) is 5.56 Å². The van der Waals surface area contributed by atoms with Crippen molar-refractivity contribution in [1.82, 2.24) is 5.32 Å². The molecule has 0 bridgehead atoms. The van der Waals surface area contributed by atoms with Crippen LogP contribution in [0.25, 0.3) is 0 Å². The second kappa shape index (κ2) is 6.55. The van der Waals surface area contributed by atoms with Crippen molar-refractivity contribution in [1.29, 1.82) is 0 Å². The van der Waals surface area contributed by atoms with Crippen LogP contribution >= 0.6 is 0 Å². The van der Waals surface area contributed by atoms with Gasteiger partial charge in [-0.25, -0.2) is 0 Å². The Morgan fingerprint density at radius 3 is 2.06 bits per heavy atom. The van der Waals surface area contributed by atoms with Crippen molar-refractivity contribution in [2.24, 2.45) is 11.7 Å². The van der Waals surface area contributed by atoms with Crippen molar-refractivity contribution in [3.63, 3.8) is 0 Å². The van der Waals surface area contributed by atoms with E-state index in [2.05, 4.69) is 43.4 Å². The first kappa shape index (κ1) is 14.7. The zero-order valence-corrected chi connectivity index (χ0v) is 11.7. The number of amides is 1. The number of benzene rings is 1. The summed E-state index contributed by atoms with van der Waals surface area (Å²) in [7, 11) is 0. The van der Waals surface area contributed by atoms with Crippen molar-refractivity contribution >= 4 is 5.91 Å². The van der Waals surface area contributed by atoms with Crippen LogP contribution in [0.1, 0.15) is 50.8 Å². The molecule has 1 aromatic rings. The number of rotatable bonds is 5. The number of hydrogen-bond acceptors (Lipinski definition) is 2. The Labute approximate surface area is 110 Å². The van der Waals surface area contributed by atoms with Crippen molar-refractivity contribution in [3.05, 3.63) is 35.4 Å². The molecule has 1 aromatic carbocycles. The Kier molecular flexibility index (Phi) is 5.35. The van der Waals surface area contributed by atoms with Gasteiger partial charge in [-0.1, -0.05) is 45.0 Å². The Balaban J connectivity index is 2.67. The molecule has 3 heteroatoms. The molecule has 2 atom stereocenters. The maximum atomic E-state index is 11.7. The molecule has 0 fully saturated rings. The van der Waals surface area contributed by atoms with Gasteiger partial charge in [-0.05, 0) is 24.0 Å². The van der Waals surface area contributed by atoms with Crippen LogP contribution in [0.15, 0.2) is 24.3 Å². The van der Waals surface area contributed by atoms with Gasteiger partial charge in [-0.15, -0.1) is 0 Å². The summed E-state index contributed by atoms with van der Waals surface area (Å²) in [6.07, 6.45) is 0. The van der Waals surface area contributed by atoms with Gasteiger partial charge in [0, 0.05) is 12.5 Å². The van der Waals surface area contributed by atoms with E-state index in [1.54, 1.807) is 0 Å². The van der Waals surface area contributed by atoms with E-state index in [4.69, 9.17) is 5.73 Å². The molecule has 18 heavy (non-hydrogen) atoms. The van der Waals surface area contributed by atoms with E-state index in [-0.39, 0.29) is 17.9 Å². The zero-order valence-electron chi connectivity index (χ0n) is 11.7. The first-order valence-corrected chi connectivity index (χ1v) is 6.56. The molecule has 0 saturated heterocycles. The average Bonchev–Trinajstić information content (AvgIpc) is 2.37. The molecular weight excluding hydrogens is 224 g/mol. The van der Waals surface area contributed by atoms with Gasteiger partial charge >= 0.3 is 0 Å². The second-order valence-corrected chi connectivity index (χ2v) is 5.19. The van der Waals surface area contributed by atoms with Gasteiger partial charge in [0.2, 0.25) is 5.91 Å². The van der Waals surface area contributed by atoms with Gasteiger partial charge in [-0.3, -0.25) is 4.79 Å². The van der Waals surface area contributed by atoms with E-state index in [0.717, 1.165) is 5.56 Å². The Morgan fingerprint density at radius 2 is 1.61 bits per heavy atom. The molecule has 0 aliphatic heterocycles. The van der Waals surface area contributed by atoms with Crippen molar-refractivity contribution in [3.8, 4) is 0 Å². The summed E-state index contributed by atoms with van der Waals surface area (Å²) < 4.78 is 0. The maximum absolute atomic E-state index is 11.7. The fraction of sp³-hybridized carbons (Fsp3) is 0.533. The quantitative estimate of drug-likeness (QED) is 0.841. The average molecular weight is 248 g/mol. The highest BCUT2D eigenvalue weighted by Crippen LogP contribution is 2.18. The van der Waals surface area contributed by atoms with Crippen LogP contribution in [-0.2, 0) is 4.79 Å². The molecule has 1 amide bonds. The first-order chi connectivity index (χ1) is 8.45. The summed E-state index contributed by atoms with van der Waals surface area (Å²) in [5, 5.41) is 2.98. The summed E-state index contributed by atoms with van der Waals surface area (Å²) in [5.41, 5.74) is 7.91. The monoisotopic (exact) mass is 248 g/mol.